The lowest BCUT2D eigenvalue weighted by molar-refractivity contribution is 0.0688. The highest BCUT2D eigenvalue weighted by Gasteiger charge is 2.25. The fourth-order valence-electron chi connectivity index (χ4n) is 1.94. The Morgan fingerprint density at radius 1 is 1.61 bits per heavy atom. The van der Waals surface area contributed by atoms with E-state index in [1.165, 1.54) is 6.07 Å². The topological polar surface area (TPSA) is 73.6 Å². The zero-order valence-corrected chi connectivity index (χ0v) is 10.2. The first kappa shape index (κ1) is 12.7. The number of carboxylic acids is 1. The van der Waals surface area contributed by atoms with Gasteiger partial charge in [0.15, 0.2) is 6.10 Å². The van der Waals surface area contributed by atoms with E-state index in [2.05, 4.69) is 0 Å². The Bertz CT molecular complexity index is 513. The van der Waals surface area contributed by atoms with E-state index < -0.39 is 12.1 Å². The third-order valence-electron chi connectivity index (χ3n) is 2.74. The van der Waals surface area contributed by atoms with Gasteiger partial charge in [-0.05, 0) is 12.1 Å². The van der Waals surface area contributed by atoms with Gasteiger partial charge in [0.1, 0.15) is 0 Å². The van der Waals surface area contributed by atoms with Crippen molar-refractivity contribution >= 4 is 23.3 Å². The summed E-state index contributed by atoms with van der Waals surface area (Å²) in [6.07, 6.45) is -0.559. The molecule has 1 saturated heterocycles. The van der Waals surface area contributed by atoms with Gasteiger partial charge in [0.25, 0.3) is 0 Å². The summed E-state index contributed by atoms with van der Waals surface area (Å²) >= 11 is 6.07. The van der Waals surface area contributed by atoms with E-state index in [-0.39, 0.29) is 5.56 Å². The van der Waals surface area contributed by atoms with Crippen molar-refractivity contribution in [3.8, 4) is 6.07 Å². The molecule has 94 valence electrons. The lowest BCUT2D eigenvalue weighted by Gasteiger charge is -2.33. The Morgan fingerprint density at radius 3 is 3.06 bits per heavy atom. The fourth-order valence-corrected chi connectivity index (χ4v) is 2.23. The van der Waals surface area contributed by atoms with E-state index >= 15 is 0 Å². The first-order valence-electron chi connectivity index (χ1n) is 5.41. The molecular weight excluding hydrogens is 256 g/mol. The Kier molecular flexibility index (Phi) is 3.70. The SMILES string of the molecule is N#CC1CN(c2c(Cl)cccc2C(=O)O)CCO1. The van der Waals surface area contributed by atoms with E-state index in [1.54, 1.807) is 17.0 Å². The number of para-hydroxylation sites is 1. The number of aromatic carboxylic acids is 1. The molecule has 0 amide bonds. The minimum absolute atomic E-state index is 0.140. The summed E-state index contributed by atoms with van der Waals surface area (Å²) in [5.74, 6) is -1.03. The van der Waals surface area contributed by atoms with Crippen LogP contribution in [0.5, 0.6) is 0 Å². The fraction of sp³-hybridized carbons (Fsp3) is 0.333. The van der Waals surface area contributed by atoms with Crippen molar-refractivity contribution in [2.75, 3.05) is 24.6 Å². The maximum atomic E-state index is 11.2. The quantitative estimate of drug-likeness (QED) is 0.883. The number of benzene rings is 1. The Balaban J connectivity index is 2.38. The number of nitriles is 1. The molecule has 1 fully saturated rings. The highest BCUT2D eigenvalue weighted by atomic mass is 35.5. The molecule has 5 nitrogen and oxygen atoms in total. The van der Waals surface area contributed by atoms with Crippen molar-refractivity contribution in [2.24, 2.45) is 0 Å². The molecule has 2 rings (SSSR count). The summed E-state index contributed by atoms with van der Waals surface area (Å²) in [6, 6.07) is 6.75. The van der Waals surface area contributed by atoms with E-state index in [9.17, 15) is 4.79 Å². The molecule has 1 unspecified atom stereocenters. The number of hydrogen-bond donors (Lipinski definition) is 1. The van der Waals surface area contributed by atoms with Gasteiger partial charge in [-0.25, -0.2) is 4.79 Å². The van der Waals surface area contributed by atoms with Gasteiger partial charge in [0, 0.05) is 6.54 Å². The second-order valence-corrected chi connectivity index (χ2v) is 4.28. The van der Waals surface area contributed by atoms with Gasteiger partial charge < -0.3 is 14.7 Å². The summed E-state index contributed by atoms with van der Waals surface area (Å²) in [6.45, 7) is 1.21. The van der Waals surface area contributed by atoms with Crippen molar-refractivity contribution in [1.82, 2.24) is 0 Å². The second-order valence-electron chi connectivity index (χ2n) is 3.88. The minimum atomic E-state index is -1.03. The summed E-state index contributed by atoms with van der Waals surface area (Å²) in [4.78, 5) is 13.0. The molecule has 18 heavy (non-hydrogen) atoms. The van der Waals surface area contributed by atoms with Gasteiger partial charge in [0.2, 0.25) is 0 Å². The number of halogens is 1. The molecule has 6 heteroatoms. The zero-order valence-electron chi connectivity index (χ0n) is 9.47. The molecular formula is C12H11ClN2O3. The van der Waals surface area contributed by atoms with Gasteiger partial charge >= 0.3 is 5.97 Å². The number of anilines is 1. The van der Waals surface area contributed by atoms with Gasteiger partial charge in [-0.1, -0.05) is 17.7 Å². The van der Waals surface area contributed by atoms with E-state index in [1.807, 2.05) is 6.07 Å². The van der Waals surface area contributed by atoms with E-state index in [0.717, 1.165) is 0 Å². The molecule has 1 atom stereocenters. The first-order valence-corrected chi connectivity index (χ1v) is 5.79. The normalized spacial score (nSPS) is 19.3. The molecule has 0 aromatic heterocycles. The van der Waals surface area contributed by atoms with Crippen LogP contribution in [-0.4, -0.2) is 36.9 Å². The van der Waals surface area contributed by atoms with Gasteiger partial charge in [-0.3, -0.25) is 0 Å². The number of nitrogens with zero attached hydrogens (tertiary/aromatic N) is 2. The third kappa shape index (κ3) is 2.40. The molecule has 1 aromatic carbocycles. The Labute approximate surface area is 109 Å². The van der Waals surface area contributed by atoms with Crippen LogP contribution in [0.1, 0.15) is 10.4 Å². The molecule has 0 radical (unpaired) electrons. The highest BCUT2D eigenvalue weighted by Crippen LogP contribution is 2.31. The third-order valence-corrected chi connectivity index (χ3v) is 3.05. The number of ether oxygens (including phenoxy) is 1. The van der Waals surface area contributed by atoms with Crippen LogP contribution in [0.3, 0.4) is 0 Å². The molecule has 0 aliphatic carbocycles. The maximum Gasteiger partial charge on any atom is 0.337 e. The number of carbonyl (C=O) groups is 1. The number of rotatable bonds is 2. The number of carboxylic acid groups (broad SMARTS) is 1. The second kappa shape index (κ2) is 5.25. The van der Waals surface area contributed by atoms with E-state index in [0.29, 0.717) is 30.4 Å². The molecule has 1 aliphatic heterocycles. The summed E-state index contributed by atoms with van der Waals surface area (Å²) in [7, 11) is 0. The van der Waals surface area contributed by atoms with Crippen LogP contribution in [0.4, 0.5) is 5.69 Å². The smallest absolute Gasteiger partial charge is 0.337 e. The predicted octanol–water partition coefficient (Wildman–Crippen LogP) is 1.77. The molecule has 1 aliphatic rings. The van der Waals surface area contributed by atoms with Gasteiger partial charge in [-0.2, -0.15) is 5.26 Å². The van der Waals surface area contributed by atoms with Crippen LogP contribution in [0.2, 0.25) is 5.02 Å². The summed E-state index contributed by atoms with van der Waals surface area (Å²) in [5.41, 5.74) is 0.594. The van der Waals surface area contributed by atoms with Crippen LogP contribution in [0.25, 0.3) is 0 Å². The molecule has 0 spiro atoms. The zero-order chi connectivity index (χ0) is 13.1. The lowest BCUT2D eigenvalue weighted by Crippen LogP contribution is -2.42. The predicted molar refractivity (Wildman–Crippen MR) is 66.0 cm³/mol. The standard InChI is InChI=1S/C12H11ClN2O3/c13-10-3-1-2-9(12(16)17)11(10)15-4-5-18-8(6-14)7-15/h1-3,8H,4-5,7H2,(H,16,17). The Morgan fingerprint density at radius 2 is 2.39 bits per heavy atom. The summed E-state index contributed by atoms with van der Waals surface area (Å²) in [5, 5.41) is 18.4. The molecule has 0 bridgehead atoms. The number of hydrogen-bond acceptors (Lipinski definition) is 4. The molecule has 1 heterocycles. The monoisotopic (exact) mass is 266 g/mol. The minimum Gasteiger partial charge on any atom is -0.478 e. The van der Waals surface area contributed by atoms with Crippen molar-refractivity contribution in [1.29, 1.82) is 5.26 Å². The largest absolute Gasteiger partial charge is 0.478 e. The average molecular weight is 267 g/mol. The average Bonchev–Trinajstić information content (AvgIpc) is 2.38. The van der Waals surface area contributed by atoms with Crippen LogP contribution in [0, 0.1) is 11.3 Å². The molecule has 1 N–H and O–H groups in total. The van der Waals surface area contributed by atoms with Gasteiger partial charge in [0.05, 0.1) is 35.5 Å². The Hall–Kier alpha value is -1.77. The first-order chi connectivity index (χ1) is 8.63. The molecule has 1 aromatic rings. The van der Waals surface area contributed by atoms with Crippen molar-refractivity contribution < 1.29 is 14.6 Å². The molecule has 0 saturated carbocycles. The number of morpholine rings is 1. The van der Waals surface area contributed by atoms with Crippen LogP contribution >= 0.6 is 11.6 Å². The van der Waals surface area contributed by atoms with Crippen molar-refractivity contribution in [2.45, 2.75) is 6.10 Å². The lowest BCUT2D eigenvalue weighted by atomic mass is 10.1. The van der Waals surface area contributed by atoms with E-state index in [4.69, 9.17) is 26.7 Å². The van der Waals surface area contributed by atoms with Crippen molar-refractivity contribution in [3.05, 3.63) is 28.8 Å². The summed E-state index contributed by atoms with van der Waals surface area (Å²) < 4.78 is 5.23. The highest BCUT2D eigenvalue weighted by molar-refractivity contribution is 6.34. The van der Waals surface area contributed by atoms with Gasteiger partial charge in [-0.15, -0.1) is 0 Å². The van der Waals surface area contributed by atoms with Crippen LogP contribution in [-0.2, 0) is 4.74 Å². The van der Waals surface area contributed by atoms with Crippen LogP contribution in [0.15, 0.2) is 18.2 Å². The van der Waals surface area contributed by atoms with Crippen LogP contribution < -0.4 is 4.90 Å². The maximum absolute atomic E-state index is 11.2. The van der Waals surface area contributed by atoms with Crippen molar-refractivity contribution in [3.63, 3.8) is 0 Å².